The number of aliphatic hydroxyl groups excluding tert-OH is 1. The quantitative estimate of drug-likeness (QED) is 0.0243. The minimum atomic E-state index is -4.34. The van der Waals surface area contributed by atoms with E-state index in [9.17, 15) is 19.4 Å². The summed E-state index contributed by atoms with van der Waals surface area (Å²) in [6, 6.07) is -0.767. The van der Waals surface area contributed by atoms with Gasteiger partial charge in [0.2, 0.25) is 5.91 Å². The number of hydrogen-bond acceptors (Lipinski definition) is 5. The molecular formula is C86H160N2O6P+. The third-order valence-electron chi connectivity index (χ3n) is 18.6. The van der Waals surface area contributed by atoms with Gasteiger partial charge in [0.1, 0.15) is 13.2 Å². The predicted octanol–water partition coefficient (Wildman–Crippen LogP) is 27.2. The van der Waals surface area contributed by atoms with Crippen LogP contribution in [0, 0.1) is 0 Å². The third-order valence-corrected chi connectivity index (χ3v) is 19.6. The summed E-state index contributed by atoms with van der Waals surface area (Å²) in [6.45, 7) is 4.82. The van der Waals surface area contributed by atoms with Crippen LogP contribution in [0.25, 0.3) is 0 Å². The topological polar surface area (TPSA) is 105 Å². The molecule has 0 saturated heterocycles. The van der Waals surface area contributed by atoms with Gasteiger partial charge in [-0.25, -0.2) is 4.57 Å². The standard InChI is InChI=1S/C86H159N2O6P/c1-6-8-10-12-14-16-18-20-22-24-26-28-30-32-34-36-38-40-41-42-43-44-45-46-47-48-50-52-54-56-58-60-62-64-66-68-70-72-74-76-78-80-86(90)87-84(83-94-95(91,92)93-82-81-88(3,4)5)85(89)79-77-75-73-71-69-67-65-63-61-59-57-55-53-51-49-39-37-35-33-31-29-27-25-23-21-19-17-15-13-11-9-7-2/h8,10,14,16,20,22,26,28,32,34,38,40,42-43,45-46,84-85,89H,6-7,9,11-13,15,17-19,21,23-25,27,29-31,33,35-37,39,41,44,47-83H2,1-5H3,(H-,87,90,91,92)/p+1/b10-8-,16-14-,22-20-,28-26-,34-32-,40-38-,43-42-,46-45-. The second-order valence-electron chi connectivity index (χ2n) is 29.1. The Morgan fingerprint density at radius 3 is 0.926 bits per heavy atom. The second kappa shape index (κ2) is 75.6. The Kier molecular flexibility index (Phi) is 73.6. The average Bonchev–Trinajstić information content (AvgIpc) is 2.01. The largest absolute Gasteiger partial charge is 0.472 e. The molecule has 0 fully saturated rings. The molecule has 1 amide bonds. The highest BCUT2D eigenvalue weighted by atomic mass is 31.2. The van der Waals surface area contributed by atoms with Crippen molar-refractivity contribution in [2.75, 3.05) is 40.9 Å². The maximum atomic E-state index is 13.1. The number of unbranched alkanes of at least 4 members (excludes halogenated alkanes) is 47. The van der Waals surface area contributed by atoms with E-state index in [1.54, 1.807) is 0 Å². The molecule has 0 aliphatic heterocycles. The predicted molar refractivity (Wildman–Crippen MR) is 419 cm³/mol. The van der Waals surface area contributed by atoms with Crippen molar-refractivity contribution >= 4 is 13.7 Å². The molecule has 0 rings (SSSR count). The SMILES string of the molecule is CC/C=C\C/C=C\C/C=C\C/C=C\C/C=C\C/C=C\C/C=C\C/C=C\CCCCCCCCCCCCCCCCCCC(=O)NC(COP(=O)(O)OCC[N+](C)(C)C)C(O)CCCCCCCCCCCCCCCCCCCCCCCCCCCCCCCCCC. The van der Waals surface area contributed by atoms with E-state index >= 15 is 0 Å². The van der Waals surface area contributed by atoms with Crippen molar-refractivity contribution in [1.82, 2.24) is 5.32 Å². The first-order valence-electron chi connectivity index (χ1n) is 41.1. The van der Waals surface area contributed by atoms with E-state index in [1.807, 2.05) is 21.1 Å². The number of amides is 1. The summed E-state index contributed by atoms with van der Waals surface area (Å²) < 4.78 is 24.0. The molecule has 3 N–H and O–H groups in total. The van der Waals surface area contributed by atoms with Crippen LogP contribution in [0.4, 0.5) is 0 Å². The first kappa shape index (κ1) is 92.4. The Bertz CT molecular complexity index is 1880. The number of hydrogen-bond donors (Lipinski definition) is 3. The van der Waals surface area contributed by atoms with E-state index in [4.69, 9.17) is 9.05 Å². The number of nitrogens with one attached hydrogen (secondary N) is 1. The highest BCUT2D eigenvalue weighted by Gasteiger charge is 2.28. The molecule has 554 valence electrons. The number of carbonyl (C=O) groups is 1. The molecule has 0 aromatic rings. The number of aliphatic hydroxyl groups is 1. The molecule has 95 heavy (non-hydrogen) atoms. The molecule has 0 radical (unpaired) electrons. The molecule has 3 atom stereocenters. The minimum Gasteiger partial charge on any atom is -0.391 e. The zero-order chi connectivity index (χ0) is 69.0. The normalized spacial score (nSPS) is 14.0. The van der Waals surface area contributed by atoms with Gasteiger partial charge in [0.25, 0.3) is 0 Å². The van der Waals surface area contributed by atoms with Crippen molar-refractivity contribution in [3.63, 3.8) is 0 Å². The van der Waals surface area contributed by atoms with Gasteiger partial charge in [-0.05, 0) is 77.0 Å². The monoisotopic (exact) mass is 1350 g/mol. The molecule has 0 spiro atoms. The second-order valence-corrected chi connectivity index (χ2v) is 30.6. The van der Waals surface area contributed by atoms with Crippen molar-refractivity contribution in [2.24, 2.45) is 0 Å². The Hall–Kier alpha value is -2.58. The summed E-state index contributed by atoms with van der Waals surface area (Å²) in [5.41, 5.74) is 0. The Labute approximate surface area is 591 Å². The fourth-order valence-electron chi connectivity index (χ4n) is 12.3. The zero-order valence-electron chi connectivity index (χ0n) is 63.7. The molecule has 3 unspecified atom stereocenters. The highest BCUT2D eigenvalue weighted by molar-refractivity contribution is 7.47. The fourth-order valence-corrected chi connectivity index (χ4v) is 13.0. The smallest absolute Gasteiger partial charge is 0.391 e. The van der Waals surface area contributed by atoms with E-state index in [0.717, 1.165) is 89.9 Å². The van der Waals surface area contributed by atoms with Crippen LogP contribution in [0.15, 0.2) is 97.2 Å². The number of nitrogens with zero attached hydrogens (tertiary/aromatic N) is 1. The summed E-state index contributed by atoms with van der Waals surface area (Å²) in [5, 5.41) is 14.2. The number of phosphoric ester groups is 1. The van der Waals surface area contributed by atoms with Crippen molar-refractivity contribution in [2.45, 2.75) is 405 Å². The van der Waals surface area contributed by atoms with Gasteiger partial charge in [-0.15, -0.1) is 0 Å². The molecule has 0 aliphatic carbocycles. The van der Waals surface area contributed by atoms with Crippen molar-refractivity contribution in [1.29, 1.82) is 0 Å². The molecule has 0 heterocycles. The van der Waals surface area contributed by atoms with Gasteiger partial charge in [-0.1, -0.05) is 406 Å². The summed E-state index contributed by atoms with van der Waals surface area (Å²) in [4.78, 5) is 23.6. The lowest BCUT2D eigenvalue weighted by Gasteiger charge is -2.26. The van der Waals surface area contributed by atoms with Gasteiger partial charge >= 0.3 is 7.82 Å². The molecule has 9 heteroatoms. The van der Waals surface area contributed by atoms with Crippen LogP contribution in [0.2, 0.25) is 0 Å². The number of allylic oxidation sites excluding steroid dienone is 16. The number of carbonyl (C=O) groups excluding carboxylic acids is 1. The molecule has 0 aromatic carbocycles. The highest BCUT2D eigenvalue weighted by Crippen LogP contribution is 2.43. The van der Waals surface area contributed by atoms with Crippen LogP contribution < -0.4 is 5.32 Å². The van der Waals surface area contributed by atoms with Crippen LogP contribution in [-0.4, -0.2) is 73.4 Å². The van der Waals surface area contributed by atoms with Crippen LogP contribution in [0.5, 0.6) is 0 Å². The van der Waals surface area contributed by atoms with Gasteiger partial charge < -0.3 is 19.8 Å². The van der Waals surface area contributed by atoms with Crippen molar-refractivity contribution < 1.29 is 32.9 Å². The molecule has 8 nitrogen and oxygen atoms in total. The van der Waals surface area contributed by atoms with Crippen LogP contribution >= 0.6 is 7.82 Å². The fraction of sp³-hybridized carbons (Fsp3) is 0.802. The lowest BCUT2D eigenvalue weighted by Crippen LogP contribution is -2.46. The van der Waals surface area contributed by atoms with Gasteiger partial charge in [-0.2, -0.15) is 0 Å². The van der Waals surface area contributed by atoms with E-state index in [-0.39, 0.29) is 19.1 Å². The van der Waals surface area contributed by atoms with E-state index < -0.39 is 20.0 Å². The number of quaternary nitrogens is 1. The lowest BCUT2D eigenvalue weighted by molar-refractivity contribution is -0.870. The Balaban J connectivity index is 3.95. The van der Waals surface area contributed by atoms with E-state index in [2.05, 4.69) is 116 Å². The summed E-state index contributed by atoms with van der Waals surface area (Å²) in [7, 11) is 1.63. The summed E-state index contributed by atoms with van der Waals surface area (Å²) in [6.07, 6.45) is 110. The van der Waals surface area contributed by atoms with Crippen molar-refractivity contribution in [3.8, 4) is 0 Å². The maximum absolute atomic E-state index is 13.1. The van der Waals surface area contributed by atoms with Crippen molar-refractivity contribution in [3.05, 3.63) is 97.2 Å². The lowest BCUT2D eigenvalue weighted by atomic mass is 10.0. The first-order chi connectivity index (χ1) is 46.5. The van der Waals surface area contributed by atoms with E-state index in [0.29, 0.717) is 23.9 Å². The van der Waals surface area contributed by atoms with Gasteiger partial charge in [0, 0.05) is 6.42 Å². The number of likely N-dealkylation sites (N-methyl/N-ethyl adjacent to an activating group) is 1. The van der Waals surface area contributed by atoms with Gasteiger partial charge in [-0.3, -0.25) is 13.8 Å². The van der Waals surface area contributed by atoms with Gasteiger partial charge in [0.15, 0.2) is 0 Å². The summed E-state index contributed by atoms with van der Waals surface area (Å²) >= 11 is 0. The molecular weight excluding hydrogens is 1190 g/mol. The minimum absolute atomic E-state index is 0.0736. The third kappa shape index (κ3) is 78.6. The number of rotatable bonds is 76. The molecule has 0 aromatic heterocycles. The Morgan fingerprint density at radius 2 is 0.632 bits per heavy atom. The summed E-state index contributed by atoms with van der Waals surface area (Å²) in [5.74, 6) is -0.140. The average molecular weight is 1350 g/mol. The van der Waals surface area contributed by atoms with Crippen LogP contribution in [0.1, 0.15) is 393 Å². The molecule has 0 bridgehead atoms. The van der Waals surface area contributed by atoms with Crippen LogP contribution in [-0.2, 0) is 18.4 Å². The van der Waals surface area contributed by atoms with Crippen LogP contribution in [0.3, 0.4) is 0 Å². The first-order valence-corrected chi connectivity index (χ1v) is 42.6. The van der Waals surface area contributed by atoms with E-state index in [1.165, 1.54) is 276 Å². The Morgan fingerprint density at radius 1 is 0.368 bits per heavy atom. The maximum Gasteiger partial charge on any atom is 0.472 e. The van der Waals surface area contributed by atoms with Gasteiger partial charge in [0.05, 0.1) is 39.9 Å². The number of phosphoric acid groups is 1. The molecule has 0 aliphatic rings. The molecule has 0 saturated carbocycles. The zero-order valence-corrected chi connectivity index (χ0v) is 64.5.